The second kappa shape index (κ2) is 23.9. The van der Waals surface area contributed by atoms with Crippen LogP contribution >= 0.6 is 0 Å². The largest absolute Gasteiger partial charge is 0.351 e. The number of nitrogens with zero attached hydrogens (tertiary/aromatic N) is 6. The van der Waals surface area contributed by atoms with E-state index in [9.17, 15) is 0 Å². The van der Waals surface area contributed by atoms with Crippen LogP contribution in [0.15, 0.2) is 213 Å². The van der Waals surface area contributed by atoms with Gasteiger partial charge in [0, 0.05) is 126 Å². The maximum atomic E-state index is 4.96. The minimum absolute atomic E-state index is 0. The normalized spacial score (nSPS) is 11.3. The Morgan fingerprint density at radius 2 is 0.941 bits per heavy atom. The number of hydrogen-bond acceptors (Lipinski definition) is 2. The molecule has 14 aromatic rings. The minimum atomic E-state index is 0. The summed E-state index contributed by atoms with van der Waals surface area (Å²) in [5, 5.41) is 5.14. The van der Waals surface area contributed by atoms with Gasteiger partial charge in [0.15, 0.2) is 0 Å². The Morgan fingerprint density at radius 1 is 0.412 bits per heavy atom. The first-order valence-electron chi connectivity index (χ1n) is 28.8. The van der Waals surface area contributed by atoms with Crippen LogP contribution in [0, 0.1) is 67.5 Å². The van der Waals surface area contributed by atoms with Crippen LogP contribution in [0.2, 0.25) is 0 Å². The fourth-order valence-corrected chi connectivity index (χ4v) is 12.3. The van der Waals surface area contributed by atoms with E-state index in [0.717, 1.165) is 51.1 Å². The van der Waals surface area contributed by atoms with Gasteiger partial charge in [0.1, 0.15) is 0 Å². The second-order valence-corrected chi connectivity index (χ2v) is 23.0. The summed E-state index contributed by atoms with van der Waals surface area (Å²) in [5.74, 6) is 2.06. The van der Waals surface area contributed by atoms with Crippen molar-refractivity contribution in [1.82, 2.24) is 28.2 Å². The van der Waals surface area contributed by atoms with E-state index in [4.69, 9.17) is 4.98 Å². The molecule has 85 heavy (non-hydrogen) atoms. The van der Waals surface area contributed by atoms with Gasteiger partial charge in [-0.1, -0.05) is 122 Å². The van der Waals surface area contributed by atoms with E-state index < -0.39 is 0 Å². The third-order valence-electron chi connectivity index (χ3n) is 16.5. The SMILES string of the molecule is Cc1cc(C)cc(-n2ccnc2-c2[c-]cc(-n3c4ccc(C)cc4c4cc(C)c(C)cc43)cc2)c1.Cc1ccc2c(c1)c1cc(C)ccc1n2-c1ccc(-c2nccn2-c2c(-c3ccccc3)cc(-c3ccccc3)cc2C(C)C)[c-]c1C.[Ir].[Ir]. The van der Waals surface area contributed by atoms with E-state index in [1.165, 1.54) is 110 Å². The Kier molecular flexibility index (Phi) is 16.4. The molecule has 0 aliphatic rings. The van der Waals surface area contributed by atoms with Crippen LogP contribution in [0.4, 0.5) is 0 Å². The molecule has 0 unspecified atom stereocenters. The van der Waals surface area contributed by atoms with Crippen molar-refractivity contribution >= 4 is 43.6 Å². The third kappa shape index (κ3) is 10.9. The molecule has 0 aliphatic carbocycles. The monoisotopic (exact) mass is 1460 g/mol. The van der Waals surface area contributed by atoms with Crippen LogP contribution in [-0.4, -0.2) is 28.2 Å². The first-order valence-corrected chi connectivity index (χ1v) is 28.8. The summed E-state index contributed by atoms with van der Waals surface area (Å²) in [7, 11) is 0. The van der Waals surface area contributed by atoms with Gasteiger partial charge >= 0.3 is 0 Å². The number of imidazole rings is 2. The Morgan fingerprint density at radius 3 is 1.51 bits per heavy atom. The van der Waals surface area contributed by atoms with Gasteiger partial charge < -0.3 is 18.3 Å². The molecule has 424 valence electrons. The zero-order chi connectivity index (χ0) is 57.2. The predicted molar refractivity (Wildman–Crippen MR) is 347 cm³/mol. The molecule has 0 amide bonds. The van der Waals surface area contributed by atoms with Crippen LogP contribution in [0.1, 0.15) is 69.8 Å². The van der Waals surface area contributed by atoms with Crippen molar-refractivity contribution in [2.75, 3.05) is 0 Å². The molecule has 2 radical (unpaired) electrons. The van der Waals surface area contributed by atoms with Crippen LogP contribution in [0.3, 0.4) is 0 Å². The van der Waals surface area contributed by atoms with Gasteiger partial charge in [-0.3, -0.25) is 9.97 Å². The van der Waals surface area contributed by atoms with Crippen molar-refractivity contribution in [3.63, 3.8) is 0 Å². The quantitative estimate of drug-likeness (QED) is 0.135. The van der Waals surface area contributed by atoms with Gasteiger partial charge in [-0.25, -0.2) is 0 Å². The average Bonchev–Trinajstić information content (AvgIpc) is 3.37. The summed E-state index contributed by atoms with van der Waals surface area (Å²) in [6.07, 6.45) is 7.88. The first kappa shape index (κ1) is 58.3. The van der Waals surface area contributed by atoms with Crippen molar-refractivity contribution in [3.05, 3.63) is 275 Å². The molecule has 0 saturated heterocycles. The molecule has 6 nitrogen and oxygen atoms in total. The zero-order valence-corrected chi connectivity index (χ0v) is 54.4. The molecule has 4 aromatic heterocycles. The minimum Gasteiger partial charge on any atom is -0.351 e. The predicted octanol–water partition coefficient (Wildman–Crippen LogP) is 19.8. The van der Waals surface area contributed by atoms with E-state index in [0.29, 0.717) is 0 Å². The molecule has 0 bridgehead atoms. The summed E-state index contributed by atoms with van der Waals surface area (Å²) >= 11 is 0. The second-order valence-electron chi connectivity index (χ2n) is 23.0. The fourth-order valence-electron chi connectivity index (χ4n) is 12.3. The Labute approximate surface area is 526 Å². The van der Waals surface area contributed by atoms with Gasteiger partial charge in [0.05, 0.1) is 11.6 Å². The summed E-state index contributed by atoms with van der Waals surface area (Å²) in [5.41, 5.74) is 27.4. The Bertz CT molecular complexity index is 4710. The molecular formula is C77H66Ir2N6-2. The summed E-state index contributed by atoms with van der Waals surface area (Å²) in [6.45, 7) is 21.8. The van der Waals surface area contributed by atoms with Gasteiger partial charge in [0.25, 0.3) is 0 Å². The molecule has 0 N–H and O–H groups in total. The van der Waals surface area contributed by atoms with Crippen LogP contribution < -0.4 is 0 Å². The molecule has 14 rings (SSSR count). The molecule has 0 saturated carbocycles. The number of rotatable bonds is 9. The van der Waals surface area contributed by atoms with Gasteiger partial charge in [-0.15, -0.1) is 59.2 Å². The standard InChI is InChI=1S/C45H38N3.C32H28N3.2Ir/c1-29(2)37-27-36(33-12-8-6-9-13-33)28-38(34-14-10-7-11-15-34)44(37)47-23-22-46-45(47)35-18-21-41(32(5)26-35)48-42-19-16-30(3)24-39(42)40-25-31(4)17-20-43(40)48;1-20-6-11-30-28(17-20)29-18-23(4)24(5)19-31(29)35(30)26-9-7-25(8-10-26)32-33-12-13-34(32)27-15-21(2)14-22(3)16-27;;/h6-25,27-29H,1-5H3;6-7,9-19H,1-5H3;;/q2*-1;;. The van der Waals surface area contributed by atoms with E-state index >= 15 is 0 Å². The number of benzene rings is 10. The third-order valence-corrected chi connectivity index (χ3v) is 16.5. The van der Waals surface area contributed by atoms with Crippen LogP contribution in [0.25, 0.3) is 111 Å². The van der Waals surface area contributed by atoms with Crippen molar-refractivity contribution in [2.45, 2.75) is 75.2 Å². The van der Waals surface area contributed by atoms with E-state index in [2.05, 4.69) is 299 Å². The molecular weight excluding hydrogens is 1390 g/mol. The topological polar surface area (TPSA) is 45.5 Å². The average molecular weight is 1460 g/mol. The van der Waals surface area contributed by atoms with E-state index in [1.807, 2.05) is 18.6 Å². The maximum absolute atomic E-state index is 4.96. The van der Waals surface area contributed by atoms with E-state index in [1.54, 1.807) is 0 Å². The molecule has 10 aromatic carbocycles. The van der Waals surface area contributed by atoms with E-state index in [-0.39, 0.29) is 46.1 Å². The molecule has 0 aliphatic heterocycles. The fraction of sp³-hybridized carbons (Fsp3) is 0.143. The van der Waals surface area contributed by atoms with Crippen LogP contribution in [-0.2, 0) is 40.2 Å². The van der Waals surface area contributed by atoms with Crippen molar-refractivity contribution in [1.29, 1.82) is 0 Å². The molecule has 0 atom stereocenters. The van der Waals surface area contributed by atoms with Crippen molar-refractivity contribution in [2.24, 2.45) is 0 Å². The molecule has 0 fully saturated rings. The van der Waals surface area contributed by atoms with Gasteiger partial charge in [0.2, 0.25) is 0 Å². The summed E-state index contributed by atoms with van der Waals surface area (Å²) in [4.78, 5) is 9.63. The summed E-state index contributed by atoms with van der Waals surface area (Å²) < 4.78 is 9.15. The van der Waals surface area contributed by atoms with Gasteiger partial charge in [-0.05, 0) is 183 Å². The number of fused-ring (bicyclic) bond motifs is 6. The van der Waals surface area contributed by atoms with Gasteiger partial charge in [-0.2, -0.15) is 0 Å². The first-order chi connectivity index (χ1) is 40.3. The molecule has 4 heterocycles. The Hall–Kier alpha value is -8.48. The number of hydrogen-bond donors (Lipinski definition) is 0. The maximum Gasteiger partial charge on any atom is 0.0603 e. The van der Waals surface area contributed by atoms with Crippen LogP contribution in [0.5, 0.6) is 0 Å². The molecule has 0 spiro atoms. The smallest absolute Gasteiger partial charge is 0.0603 e. The number of aryl methyl sites for hydroxylation is 8. The summed E-state index contributed by atoms with van der Waals surface area (Å²) in [6, 6.07) is 75.6. The zero-order valence-electron chi connectivity index (χ0n) is 49.6. The Balaban J connectivity index is 0.000000181. The van der Waals surface area contributed by atoms with Crippen molar-refractivity contribution < 1.29 is 40.2 Å². The molecule has 8 heteroatoms. The number of aromatic nitrogens is 6. The van der Waals surface area contributed by atoms with Crippen molar-refractivity contribution in [3.8, 4) is 67.8 Å².